The summed E-state index contributed by atoms with van der Waals surface area (Å²) in [5, 5.41) is 8.94. The van der Waals surface area contributed by atoms with Gasteiger partial charge in [0.25, 0.3) is 0 Å². The topological polar surface area (TPSA) is 96.8 Å². The molecule has 0 bridgehead atoms. The van der Waals surface area contributed by atoms with E-state index in [2.05, 4.69) is 30.9 Å². The van der Waals surface area contributed by atoms with Crippen LogP contribution >= 0.6 is 0 Å². The van der Waals surface area contributed by atoms with Crippen LogP contribution in [0.5, 0.6) is 0 Å². The van der Waals surface area contributed by atoms with Crippen molar-refractivity contribution in [3.63, 3.8) is 0 Å². The smallest absolute Gasteiger partial charge is 0.323 e. The first-order chi connectivity index (χ1) is 14.6. The highest BCUT2D eigenvalue weighted by atomic mass is 16.2. The quantitative estimate of drug-likeness (QED) is 0.453. The Kier molecular flexibility index (Phi) is 5.38. The van der Waals surface area contributed by atoms with Crippen molar-refractivity contribution >= 4 is 28.9 Å². The Labute approximate surface area is 174 Å². The second kappa shape index (κ2) is 8.44. The molecular weight excluding hydrogens is 378 g/mol. The van der Waals surface area contributed by atoms with Gasteiger partial charge in [-0.25, -0.2) is 19.7 Å². The molecule has 2 amide bonds. The van der Waals surface area contributed by atoms with Gasteiger partial charge in [0.2, 0.25) is 0 Å². The summed E-state index contributed by atoms with van der Waals surface area (Å²) in [7, 11) is 0. The van der Waals surface area contributed by atoms with Gasteiger partial charge in [0, 0.05) is 35.5 Å². The summed E-state index contributed by atoms with van der Waals surface area (Å²) in [6.45, 7) is 3.79. The van der Waals surface area contributed by atoms with Gasteiger partial charge in [-0.1, -0.05) is 18.2 Å². The number of aryl methyl sites for hydroxylation is 2. The van der Waals surface area contributed by atoms with E-state index in [1.807, 2.05) is 79.2 Å². The molecule has 4 aromatic rings. The lowest BCUT2D eigenvalue weighted by Crippen LogP contribution is -2.19. The molecule has 150 valence electrons. The van der Waals surface area contributed by atoms with E-state index in [0.717, 1.165) is 22.8 Å². The van der Waals surface area contributed by atoms with Crippen LogP contribution in [-0.2, 0) is 0 Å². The summed E-state index contributed by atoms with van der Waals surface area (Å²) in [5.74, 6) is 2.05. The Hall–Kier alpha value is -4.20. The van der Waals surface area contributed by atoms with Crippen LogP contribution in [0.4, 0.5) is 27.7 Å². The van der Waals surface area contributed by atoms with E-state index in [-0.39, 0.29) is 6.03 Å². The zero-order chi connectivity index (χ0) is 20.9. The number of imidazole rings is 1. The highest BCUT2D eigenvalue weighted by Gasteiger charge is 2.06. The number of urea groups is 1. The fraction of sp³-hybridized carbons (Fsp3) is 0.0909. The van der Waals surface area contributed by atoms with Gasteiger partial charge < -0.3 is 16.0 Å². The molecule has 0 unspecified atom stereocenters. The highest BCUT2D eigenvalue weighted by Crippen LogP contribution is 2.20. The molecule has 0 radical (unpaired) electrons. The van der Waals surface area contributed by atoms with Crippen LogP contribution in [0.25, 0.3) is 5.82 Å². The minimum atomic E-state index is -0.290. The van der Waals surface area contributed by atoms with Crippen molar-refractivity contribution in [2.75, 3.05) is 16.0 Å². The summed E-state index contributed by atoms with van der Waals surface area (Å²) in [4.78, 5) is 25.1. The van der Waals surface area contributed by atoms with E-state index in [9.17, 15) is 4.79 Å². The molecule has 0 fully saturated rings. The van der Waals surface area contributed by atoms with Crippen molar-refractivity contribution in [3.8, 4) is 5.82 Å². The number of carbonyl (C=O) groups is 1. The zero-order valence-corrected chi connectivity index (χ0v) is 16.6. The number of amides is 2. The van der Waals surface area contributed by atoms with E-state index in [1.165, 1.54) is 0 Å². The Morgan fingerprint density at radius 3 is 2.43 bits per heavy atom. The van der Waals surface area contributed by atoms with E-state index in [4.69, 9.17) is 0 Å². The van der Waals surface area contributed by atoms with Crippen LogP contribution in [0.1, 0.15) is 11.4 Å². The maximum absolute atomic E-state index is 12.2. The molecule has 0 saturated carbocycles. The van der Waals surface area contributed by atoms with Crippen LogP contribution in [0.3, 0.4) is 0 Å². The number of nitrogens with one attached hydrogen (secondary N) is 3. The molecule has 2 aromatic carbocycles. The van der Waals surface area contributed by atoms with E-state index in [0.29, 0.717) is 17.3 Å². The number of benzene rings is 2. The third-order valence-corrected chi connectivity index (χ3v) is 4.40. The van der Waals surface area contributed by atoms with Crippen molar-refractivity contribution in [3.05, 3.63) is 84.7 Å². The van der Waals surface area contributed by atoms with Crippen molar-refractivity contribution < 1.29 is 4.79 Å². The zero-order valence-electron chi connectivity index (χ0n) is 16.6. The van der Waals surface area contributed by atoms with Gasteiger partial charge in [-0.15, -0.1) is 0 Å². The van der Waals surface area contributed by atoms with Gasteiger partial charge in [-0.3, -0.25) is 4.57 Å². The summed E-state index contributed by atoms with van der Waals surface area (Å²) in [6, 6.07) is 16.6. The average molecular weight is 399 g/mol. The molecule has 0 aliphatic carbocycles. The Bertz CT molecular complexity index is 1150. The summed E-state index contributed by atoms with van der Waals surface area (Å²) in [5.41, 5.74) is 3.31. The minimum absolute atomic E-state index is 0.290. The number of hydrogen-bond donors (Lipinski definition) is 3. The van der Waals surface area contributed by atoms with Crippen LogP contribution in [0.15, 0.2) is 73.3 Å². The van der Waals surface area contributed by atoms with Crippen LogP contribution in [-0.4, -0.2) is 25.6 Å². The summed E-state index contributed by atoms with van der Waals surface area (Å²) in [6.07, 6.45) is 5.22. The fourth-order valence-corrected chi connectivity index (χ4v) is 2.93. The van der Waals surface area contributed by atoms with E-state index >= 15 is 0 Å². The van der Waals surface area contributed by atoms with Crippen molar-refractivity contribution in [2.24, 2.45) is 0 Å². The Morgan fingerprint density at radius 2 is 1.70 bits per heavy atom. The molecule has 2 heterocycles. The van der Waals surface area contributed by atoms with Gasteiger partial charge in [-0.05, 0) is 49.7 Å². The van der Waals surface area contributed by atoms with Crippen molar-refractivity contribution in [2.45, 2.75) is 13.8 Å². The predicted octanol–water partition coefficient (Wildman–Crippen LogP) is 4.67. The first-order valence-corrected chi connectivity index (χ1v) is 9.41. The first-order valence-electron chi connectivity index (χ1n) is 9.41. The van der Waals surface area contributed by atoms with Gasteiger partial charge in [0.1, 0.15) is 23.8 Å². The Balaban J connectivity index is 1.42. The van der Waals surface area contributed by atoms with Crippen LogP contribution in [0.2, 0.25) is 0 Å². The number of anilines is 4. The standard InChI is InChI=1S/C22H21N7O/c1-15-5-3-4-6-19(15)28-22(30)27-18-9-7-17(8-10-18)26-20-13-21(25-16(2)24-20)29-12-11-23-14-29/h3-14H,1-2H3,(H,24,25,26)(H2,27,28,30). The molecular formula is C22H21N7O. The molecule has 0 aliphatic heterocycles. The lowest BCUT2D eigenvalue weighted by Gasteiger charge is -2.11. The van der Waals surface area contributed by atoms with Gasteiger partial charge in [0.15, 0.2) is 0 Å². The third kappa shape index (κ3) is 4.61. The monoisotopic (exact) mass is 399 g/mol. The lowest BCUT2D eigenvalue weighted by molar-refractivity contribution is 0.262. The maximum Gasteiger partial charge on any atom is 0.323 e. The molecule has 0 saturated heterocycles. The lowest BCUT2D eigenvalue weighted by atomic mass is 10.2. The molecule has 2 aromatic heterocycles. The summed E-state index contributed by atoms with van der Waals surface area (Å²) < 4.78 is 1.82. The second-order valence-corrected chi connectivity index (χ2v) is 6.72. The number of hydrogen-bond acceptors (Lipinski definition) is 5. The summed E-state index contributed by atoms with van der Waals surface area (Å²) >= 11 is 0. The first kappa shape index (κ1) is 19.1. The number of nitrogens with zero attached hydrogens (tertiary/aromatic N) is 4. The van der Waals surface area contributed by atoms with Crippen molar-refractivity contribution in [1.29, 1.82) is 0 Å². The number of rotatable bonds is 5. The number of aromatic nitrogens is 4. The van der Waals surface area contributed by atoms with Gasteiger partial charge in [-0.2, -0.15) is 0 Å². The number of carbonyl (C=O) groups excluding carboxylic acids is 1. The second-order valence-electron chi connectivity index (χ2n) is 6.72. The van der Waals surface area contributed by atoms with E-state index < -0.39 is 0 Å². The molecule has 8 heteroatoms. The average Bonchev–Trinajstić information content (AvgIpc) is 3.26. The molecule has 4 rings (SSSR count). The van der Waals surface area contributed by atoms with Crippen LogP contribution < -0.4 is 16.0 Å². The van der Waals surface area contributed by atoms with E-state index in [1.54, 1.807) is 12.5 Å². The highest BCUT2D eigenvalue weighted by molar-refractivity contribution is 6.00. The molecule has 0 atom stereocenters. The molecule has 0 aliphatic rings. The van der Waals surface area contributed by atoms with Gasteiger partial charge >= 0.3 is 6.03 Å². The third-order valence-electron chi connectivity index (χ3n) is 4.40. The van der Waals surface area contributed by atoms with Crippen molar-refractivity contribution in [1.82, 2.24) is 19.5 Å². The number of para-hydroxylation sites is 1. The normalized spacial score (nSPS) is 10.5. The SMILES string of the molecule is Cc1nc(Nc2ccc(NC(=O)Nc3ccccc3C)cc2)cc(-n2ccnc2)n1. The molecule has 0 spiro atoms. The largest absolute Gasteiger partial charge is 0.340 e. The van der Waals surface area contributed by atoms with Crippen LogP contribution in [0, 0.1) is 13.8 Å². The fourth-order valence-electron chi connectivity index (χ4n) is 2.93. The molecule has 3 N–H and O–H groups in total. The molecule has 30 heavy (non-hydrogen) atoms. The molecule has 8 nitrogen and oxygen atoms in total. The van der Waals surface area contributed by atoms with Gasteiger partial charge in [0.05, 0.1) is 0 Å². The maximum atomic E-state index is 12.2. The predicted molar refractivity (Wildman–Crippen MR) is 117 cm³/mol. The minimum Gasteiger partial charge on any atom is -0.340 e. The Morgan fingerprint density at radius 1 is 0.933 bits per heavy atom.